The Balaban J connectivity index is 2.91. The Bertz CT molecular complexity index is 191. The van der Waals surface area contributed by atoms with Crippen molar-refractivity contribution < 1.29 is 0 Å². The maximum absolute atomic E-state index is 2.40. The molecule has 0 fully saturated rings. The maximum atomic E-state index is 2.40. The standard InChI is InChI=1S/C9H16Si/c1-8-6-5-7-9(8)10(2,3)4/h5,7H,6H2,1-4H3. The second-order valence-corrected chi connectivity index (χ2v) is 9.09. The number of hydrogen-bond donors (Lipinski definition) is 0. The number of allylic oxidation sites excluding steroid dienone is 4. The molecule has 56 valence electrons. The monoisotopic (exact) mass is 152 g/mol. The van der Waals surface area contributed by atoms with Crippen LogP contribution in [0.2, 0.25) is 19.6 Å². The van der Waals surface area contributed by atoms with Crippen LogP contribution in [0.15, 0.2) is 22.9 Å². The first-order chi connectivity index (χ1) is 4.52. The van der Waals surface area contributed by atoms with Gasteiger partial charge < -0.3 is 0 Å². The fourth-order valence-electron chi connectivity index (χ4n) is 1.50. The Kier molecular flexibility index (Phi) is 1.86. The van der Waals surface area contributed by atoms with E-state index in [1.54, 1.807) is 10.8 Å². The molecule has 0 aromatic carbocycles. The van der Waals surface area contributed by atoms with E-state index in [0.717, 1.165) is 0 Å². The molecule has 0 spiro atoms. The van der Waals surface area contributed by atoms with E-state index in [1.165, 1.54) is 6.42 Å². The average Bonchev–Trinajstić information content (AvgIpc) is 2.11. The summed E-state index contributed by atoms with van der Waals surface area (Å²) >= 11 is 0. The van der Waals surface area contributed by atoms with Crippen molar-refractivity contribution in [2.75, 3.05) is 0 Å². The molecule has 0 atom stereocenters. The zero-order chi connectivity index (χ0) is 7.78. The summed E-state index contributed by atoms with van der Waals surface area (Å²) in [4.78, 5) is 0. The van der Waals surface area contributed by atoms with Gasteiger partial charge in [-0.2, -0.15) is 0 Å². The summed E-state index contributed by atoms with van der Waals surface area (Å²) in [5, 5.41) is 1.66. The average molecular weight is 152 g/mol. The quantitative estimate of drug-likeness (QED) is 0.506. The van der Waals surface area contributed by atoms with E-state index in [1.807, 2.05) is 0 Å². The highest BCUT2D eigenvalue weighted by molar-refractivity contribution is 6.83. The molecule has 1 aliphatic rings. The van der Waals surface area contributed by atoms with E-state index in [0.29, 0.717) is 0 Å². The van der Waals surface area contributed by atoms with Crippen LogP contribution in [0, 0.1) is 0 Å². The SMILES string of the molecule is CC1=C([Si](C)(C)C)C=CC1. The van der Waals surface area contributed by atoms with Gasteiger partial charge in [-0.05, 0) is 13.3 Å². The van der Waals surface area contributed by atoms with Gasteiger partial charge in [0.25, 0.3) is 0 Å². The van der Waals surface area contributed by atoms with Gasteiger partial charge in [0.2, 0.25) is 0 Å². The number of hydrogen-bond acceptors (Lipinski definition) is 0. The molecule has 0 unspecified atom stereocenters. The second kappa shape index (κ2) is 2.39. The van der Waals surface area contributed by atoms with Crippen molar-refractivity contribution in [1.29, 1.82) is 0 Å². The smallest absolute Gasteiger partial charge is 0.0775 e. The molecule has 0 amide bonds. The molecule has 0 nitrogen and oxygen atoms in total. The first-order valence-electron chi connectivity index (χ1n) is 3.88. The molecule has 10 heavy (non-hydrogen) atoms. The molecule has 1 heteroatoms. The molecule has 0 aliphatic heterocycles. The molecular weight excluding hydrogens is 136 g/mol. The zero-order valence-corrected chi connectivity index (χ0v) is 8.36. The predicted octanol–water partition coefficient (Wildman–Crippen LogP) is 3.14. The second-order valence-electron chi connectivity index (χ2n) is 4.05. The van der Waals surface area contributed by atoms with Crippen molar-refractivity contribution in [2.45, 2.75) is 33.0 Å². The summed E-state index contributed by atoms with van der Waals surface area (Å²) in [7, 11) is -0.994. The molecule has 1 rings (SSSR count). The molecule has 0 radical (unpaired) electrons. The highest BCUT2D eigenvalue weighted by atomic mass is 28.3. The van der Waals surface area contributed by atoms with Crippen molar-refractivity contribution in [3.8, 4) is 0 Å². The highest BCUT2D eigenvalue weighted by Gasteiger charge is 2.21. The largest absolute Gasteiger partial charge is 0.0806 e. The Hall–Kier alpha value is -0.303. The molecular formula is C9H16Si. The lowest BCUT2D eigenvalue weighted by atomic mass is 10.3. The molecule has 0 saturated carbocycles. The first kappa shape index (κ1) is 7.80. The van der Waals surface area contributed by atoms with Gasteiger partial charge in [0.1, 0.15) is 0 Å². The van der Waals surface area contributed by atoms with Crippen LogP contribution in [0.5, 0.6) is 0 Å². The Morgan fingerprint density at radius 1 is 1.30 bits per heavy atom. The molecule has 1 aliphatic carbocycles. The zero-order valence-electron chi connectivity index (χ0n) is 7.36. The van der Waals surface area contributed by atoms with Crippen LogP contribution >= 0.6 is 0 Å². The van der Waals surface area contributed by atoms with Crippen molar-refractivity contribution >= 4 is 8.07 Å². The van der Waals surface area contributed by atoms with Gasteiger partial charge in [-0.3, -0.25) is 0 Å². The molecule has 0 aromatic heterocycles. The van der Waals surface area contributed by atoms with Gasteiger partial charge in [0.15, 0.2) is 0 Å². The van der Waals surface area contributed by atoms with Gasteiger partial charge in [0, 0.05) is 0 Å². The minimum Gasteiger partial charge on any atom is -0.0806 e. The maximum Gasteiger partial charge on any atom is 0.0775 e. The summed E-state index contributed by atoms with van der Waals surface area (Å²) in [6.07, 6.45) is 5.80. The van der Waals surface area contributed by atoms with E-state index < -0.39 is 8.07 Å². The third-order valence-electron chi connectivity index (χ3n) is 1.98. The lowest BCUT2D eigenvalue weighted by Gasteiger charge is -2.17. The molecule has 0 bridgehead atoms. The van der Waals surface area contributed by atoms with Crippen LogP contribution in [-0.4, -0.2) is 8.07 Å². The van der Waals surface area contributed by atoms with Crippen LogP contribution in [0.1, 0.15) is 13.3 Å². The van der Waals surface area contributed by atoms with E-state index in [9.17, 15) is 0 Å². The van der Waals surface area contributed by atoms with Crippen LogP contribution in [0.3, 0.4) is 0 Å². The van der Waals surface area contributed by atoms with Gasteiger partial charge in [-0.25, -0.2) is 0 Å². The van der Waals surface area contributed by atoms with Crippen molar-refractivity contribution in [2.24, 2.45) is 0 Å². The fraction of sp³-hybridized carbons (Fsp3) is 0.556. The Morgan fingerprint density at radius 2 is 1.90 bits per heavy atom. The minimum absolute atomic E-state index is 0.994. The topological polar surface area (TPSA) is 0 Å². The van der Waals surface area contributed by atoms with Crippen LogP contribution in [-0.2, 0) is 0 Å². The van der Waals surface area contributed by atoms with Crippen molar-refractivity contribution in [3.05, 3.63) is 22.9 Å². The van der Waals surface area contributed by atoms with Crippen LogP contribution in [0.4, 0.5) is 0 Å². The van der Waals surface area contributed by atoms with Gasteiger partial charge in [-0.15, -0.1) is 0 Å². The van der Waals surface area contributed by atoms with Crippen molar-refractivity contribution in [1.82, 2.24) is 0 Å². The van der Waals surface area contributed by atoms with E-state index in [2.05, 4.69) is 38.7 Å². The predicted molar refractivity (Wildman–Crippen MR) is 49.8 cm³/mol. The fourth-order valence-corrected chi connectivity index (χ4v) is 3.50. The third-order valence-corrected chi connectivity index (χ3v) is 4.19. The summed E-state index contributed by atoms with van der Waals surface area (Å²) in [6, 6.07) is 0. The molecule has 0 saturated heterocycles. The van der Waals surface area contributed by atoms with Gasteiger partial charge in [0.05, 0.1) is 8.07 Å². The Labute approximate surface area is 64.7 Å². The van der Waals surface area contributed by atoms with E-state index in [4.69, 9.17) is 0 Å². The summed E-state index contributed by atoms with van der Waals surface area (Å²) < 4.78 is 0. The minimum atomic E-state index is -0.994. The third kappa shape index (κ3) is 1.40. The van der Waals surface area contributed by atoms with E-state index in [-0.39, 0.29) is 0 Å². The van der Waals surface area contributed by atoms with Gasteiger partial charge >= 0.3 is 0 Å². The molecule has 0 N–H and O–H groups in total. The summed E-state index contributed by atoms with van der Waals surface area (Å²) in [6.45, 7) is 9.47. The molecule has 0 heterocycles. The first-order valence-corrected chi connectivity index (χ1v) is 7.38. The van der Waals surface area contributed by atoms with Crippen LogP contribution < -0.4 is 0 Å². The van der Waals surface area contributed by atoms with E-state index >= 15 is 0 Å². The lowest BCUT2D eigenvalue weighted by molar-refractivity contribution is 1.24. The Morgan fingerprint density at radius 3 is 2.10 bits per heavy atom. The molecule has 0 aromatic rings. The lowest BCUT2D eigenvalue weighted by Crippen LogP contribution is -2.22. The summed E-state index contributed by atoms with van der Waals surface area (Å²) in [5.74, 6) is 0. The number of rotatable bonds is 1. The summed E-state index contributed by atoms with van der Waals surface area (Å²) in [5.41, 5.74) is 1.60. The normalized spacial score (nSPS) is 18.8. The van der Waals surface area contributed by atoms with Crippen molar-refractivity contribution in [3.63, 3.8) is 0 Å². The van der Waals surface area contributed by atoms with Crippen LogP contribution in [0.25, 0.3) is 0 Å². The highest BCUT2D eigenvalue weighted by Crippen LogP contribution is 2.26. The van der Waals surface area contributed by atoms with Gasteiger partial charge in [-0.1, -0.05) is 42.6 Å².